The summed E-state index contributed by atoms with van der Waals surface area (Å²) in [5, 5.41) is 3.28. The fourth-order valence-corrected chi connectivity index (χ4v) is 1.52. The highest BCUT2D eigenvalue weighted by Crippen LogP contribution is 2.17. The molecule has 0 spiro atoms. The molecule has 84 valence electrons. The monoisotopic (exact) mass is 227 g/mol. The van der Waals surface area contributed by atoms with Gasteiger partial charge in [-0.05, 0) is 33.3 Å². The molecule has 1 atom stereocenters. The molecule has 1 rings (SSSR count). The van der Waals surface area contributed by atoms with Crippen molar-refractivity contribution in [3.05, 3.63) is 17.5 Å². The Hall–Kier alpha value is -0.830. The number of halogens is 1. The SMILES string of the molecule is CCC(C)(CCl)Nc1nc(C)cc(C)n1. The van der Waals surface area contributed by atoms with E-state index in [0.29, 0.717) is 11.8 Å². The lowest BCUT2D eigenvalue weighted by molar-refractivity contribution is 0.548. The van der Waals surface area contributed by atoms with Gasteiger partial charge in [0.1, 0.15) is 0 Å². The summed E-state index contributed by atoms with van der Waals surface area (Å²) in [6, 6.07) is 1.95. The molecule has 15 heavy (non-hydrogen) atoms. The molecule has 0 aromatic carbocycles. The molecule has 0 fully saturated rings. The number of aryl methyl sites for hydroxylation is 2. The van der Waals surface area contributed by atoms with E-state index in [9.17, 15) is 0 Å². The van der Waals surface area contributed by atoms with E-state index in [2.05, 4.69) is 29.1 Å². The van der Waals surface area contributed by atoms with Crippen LogP contribution in [0.5, 0.6) is 0 Å². The van der Waals surface area contributed by atoms with Crippen LogP contribution in [0.2, 0.25) is 0 Å². The predicted molar refractivity (Wildman–Crippen MR) is 64.5 cm³/mol. The van der Waals surface area contributed by atoms with Gasteiger partial charge in [0.2, 0.25) is 5.95 Å². The second kappa shape index (κ2) is 4.79. The van der Waals surface area contributed by atoms with Crippen LogP contribution < -0.4 is 5.32 Å². The van der Waals surface area contributed by atoms with Crippen molar-refractivity contribution >= 4 is 17.5 Å². The Morgan fingerprint density at radius 3 is 2.27 bits per heavy atom. The van der Waals surface area contributed by atoms with Crippen LogP contribution in [0.1, 0.15) is 31.7 Å². The van der Waals surface area contributed by atoms with Crippen molar-refractivity contribution in [3.63, 3.8) is 0 Å². The summed E-state index contributed by atoms with van der Waals surface area (Å²) in [6.07, 6.45) is 0.937. The minimum Gasteiger partial charge on any atom is -0.348 e. The summed E-state index contributed by atoms with van der Waals surface area (Å²) in [5.41, 5.74) is 1.80. The lowest BCUT2D eigenvalue weighted by atomic mass is 10.0. The van der Waals surface area contributed by atoms with E-state index in [1.165, 1.54) is 0 Å². The molecule has 0 saturated carbocycles. The van der Waals surface area contributed by atoms with Crippen LogP contribution >= 0.6 is 11.6 Å². The van der Waals surface area contributed by atoms with Crippen molar-refractivity contribution in [2.45, 2.75) is 39.7 Å². The number of nitrogens with zero attached hydrogens (tertiary/aromatic N) is 2. The first-order valence-electron chi connectivity index (χ1n) is 5.15. The molecule has 3 nitrogen and oxygen atoms in total. The minimum atomic E-state index is -0.137. The fourth-order valence-electron chi connectivity index (χ4n) is 1.27. The second-order valence-electron chi connectivity index (χ2n) is 4.15. The van der Waals surface area contributed by atoms with E-state index >= 15 is 0 Å². The van der Waals surface area contributed by atoms with Gasteiger partial charge < -0.3 is 5.32 Å². The average Bonchev–Trinajstić information content (AvgIpc) is 2.16. The largest absolute Gasteiger partial charge is 0.348 e. The van der Waals surface area contributed by atoms with Gasteiger partial charge in [-0.15, -0.1) is 11.6 Å². The molecule has 0 aliphatic rings. The van der Waals surface area contributed by atoms with Gasteiger partial charge in [0.05, 0.1) is 5.54 Å². The molecule has 1 heterocycles. The van der Waals surface area contributed by atoms with Crippen molar-refractivity contribution in [1.29, 1.82) is 0 Å². The first-order valence-corrected chi connectivity index (χ1v) is 5.69. The number of alkyl halides is 1. The molecule has 0 aliphatic carbocycles. The van der Waals surface area contributed by atoms with E-state index in [0.717, 1.165) is 17.8 Å². The summed E-state index contributed by atoms with van der Waals surface area (Å²) in [7, 11) is 0. The molecule has 4 heteroatoms. The summed E-state index contributed by atoms with van der Waals surface area (Å²) in [6.45, 7) is 8.09. The Kier molecular flexibility index (Phi) is 3.91. The third-order valence-electron chi connectivity index (χ3n) is 2.47. The zero-order valence-corrected chi connectivity index (χ0v) is 10.5. The standard InChI is InChI=1S/C11H18ClN3/c1-5-11(4,7-12)15-10-13-8(2)6-9(3)14-10/h6H,5,7H2,1-4H3,(H,13,14,15). The van der Waals surface area contributed by atoms with Crippen LogP contribution in [0, 0.1) is 13.8 Å². The lowest BCUT2D eigenvalue weighted by Gasteiger charge is -2.27. The van der Waals surface area contributed by atoms with E-state index in [1.807, 2.05) is 19.9 Å². The molecule has 1 aromatic rings. The predicted octanol–water partition coefficient (Wildman–Crippen LogP) is 2.91. The molecule has 0 saturated heterocycles. The van der Waals surface area contributed by atoms with Crippen LogP contribution in [0.25, 0.3) is 0 Å². The lowest BCUT2D eigenvalue weighted by Crippen LogP contribution is -2.36. The zero-order valence-electron chi connectivity index (χ0n) is 9.76. The van der Waals surface area contributed by atoms with Crippen molar-refractivity contribution < 1.29 is 0 Å². The Labute approximate surface area is 96.3 Å². The van der Waals surface area contributed by atoms with Crippen molar-refractivity contribution in [1.82, 2.24) is 9.97 Å². The van der Waals surface area contributed by atoms with Gasteiger partial charge >= 0.3 is 0 Å². The molecular formula is C11H18ClN3. The third-order valence-corrected chi connectivity index (χ3v) is 3.06. The van der Waals surface area contributed by atoms with Crippen molar-refractivity contribution in [2.24, 2.45) is 0 Å². The highest BCUT2D eigenvalue weighted by atomic mass is 35.5. The first kappa shape index (κ1) is 12.2. The number of hydrogen-bond donors (Lipinski definition) is 1. The molecule has 0 radical (unpaired) electrons. The number of anilines is 1. The van der Waals surface area contributed by atoms with E-state index in [-0.39, 0.29) is 5.54 Å². The molecule has 0 amide bonds. The fraction of sp³-hybridized carbons (Fsp3) is 0.636. The molecule has 1 N–H and O–H groups in total. The molecule has 1 unspecified atom stereocenters. The van der Waals surface area contributed by atoms with Gasteiger partial charge in [-0.25, -0.2) is 9.97 Å². The Morgan fingerprint density at radius 1 is 1.33 bits per heavy atom. The Bertz CT molecular complexity index is 314. The summed E-state index contributed by atoms with van der Waals surface area (Å²) in [5.74, 6) is 1.21. The molecule has 0 bridgehead atoms. The topological polar surface area (TPSA) is 37.8 Å². The molecule has 1 aromatic heterocycles. The zero-order chi connectivity index (χ0) is 11.5. The van der Waals surface area contributed by atoms with Crippen molar-refractivity contribution in [3.8, 4) is 0 Å². The van der Waals surface area contributed by atoms with Gasteiger partial charge in [0.15, 0.2) is 0 Å². The van der Waals surface area contributed by atoms with Crippen molar-refractivity contribution in [2.75, 3.05) is 11.2 Å². The van der Waals surface area contributed by atoms with Gasteiger partial charge in [0.25, 0.3) is 0 Å². The van der Waals surface area contributed by atoms with Crippen LogP contribution in [0.15, 0.2) is 6.07 Å². The van der Waals surface area contributed by atoms with Crippen LogP contribution in [0.4, 0.5) is 5.95 Å². The third kappa shape index (κ3) is 3.34. The van der Waals surface area contributed by atoms with Gasteiger partial charge in [-0.2, -0.15) is 0 Å². The number of hydrogen-bond acceptors (Lipinski definition) is 3. The summed E-state index contributed by atoms with van der Waals surface area (Å²) < 4.78 is 0. The summed E-state index contributed by atoms with van der Waals surface area (Å²) in [4.78, 5) is 8.67. The first-order chi connectivity index (χ1) is 6.99. The number of nitrogens with one attached hydrogen (secondary N) is 1. The maximum absolute atomic E-state index is 5.92. The average molecular weight is 228 g/mol. The number of rotatable bonds is 4. The van der Waals surface area contributed by atoms with Crippen LogP contribution in [-0.2, 0) is 0 Å². The summed E-state index contributed by atoms with van der Waals surface area (Å²) >= 11 is 5.92. The van der Waals surface area contributed by atoms with Crippen LogP contribution in [0.3, 0.4) is 0 Å². The van der Waals surface area contributed by atoms with E-state index in [1.54, 1.807) is 0 Å². The highest BCUT2D eigenvalue weighted by molar-refractivity contribution is 6.18. The number of aromatic nitrogens is 2. The van der Waals surface area contributed by atoms with Crippen LogP contribution in [-0.4, -0.2) is 21.4 Å². The Balaban J connectivity index is 2.88. The van der Waals surface area contributed by atoms with Gasteiger partial charge in [0, 0.05) is 17.3 Å². The quantitative estimate of drug-likeness (QED) is 0.804. The minimum absolute atomic E-state index is 0.137. The molecular weight excluding hydrogens is 210 g/mol. The normalized spacial score (nSPS) is 14.7. The molecule has 0 aliphatic heterocycles. The van der Waals surface area contributed by atoms with Gasteiger partial charge in [-0.3, -0.25) is 0 Å². The Morgan fingerprint density at radius 2 is 1.87 bits per heavy atom. The van der Waals surface area contributed by atoms with E-state index < -0.39 is 0 Å². The van der Waals surface area contributed by atoms with Gasteiger partial charge in [-0.1, -0.05) is 6.92 Å². The highest BCUT2D eigenvalue weighted by Gasteiger charge is 2.21. The maximum Gasteiger partial charge on any atom is 0.223 e. The second-order valence-corrected chi connectivity index (χ2v) is 4.41. The van der Waals surface area contributed by atoms with E-state index in [4.69, 9.17) is 11.6 Å². The smallest absolute Gasteiger partial charge is 0.223 e. The maximum atomic E-state index is 5.92.